The van der Waals surface area contributed by atoms with Crippen LogP contribution >= 0.6 is 15.9 Å². The van der Waals surface area contributed by atoms with E-state index in [-0.39, 0.29) is 5.78 Å². The Morgan fingerprint density at radius 2 is 2.00 bits per heavy atom. The predicted octanol–water partition coefficient (Wildman–Crippen LogP) is 3.70. The van der Waals surface area contributed by atoms with Crippen molar-refractivity contribution in [3.8, 4) is 0 Å². The molecule has 0 saturated carbocycles. The monoisotopic (exact) mass is 312 g/mol. The normalized spacial score (nSPS) is 15.7. The SMILES string of the molecule is O=C1C2=Nc3ccccc3CN2c2ccc(Br)cc21. The lowest BCUT2D eigenvalue weighted by Gasteiger charge is -2.24. The molecule has 0 aliphatic carbocycles. The van der Waals surface area contributed by atoms with Gasteiger partial charge in [0.05, 0.1) is 23.5 Å². The van der Waals surface area contributed by atoms with E-state index >= 15 is 0 Å². The highest BCUT2D eigenvalue weighted by molar-refractivity contribution is 9.10. The summed E-state index contributed by atoms with van der Waals surface area (Å²) in [7, 11) is 0. The number of rotatable bonds is 0. The number of para-hydroxylation sites is 1. The fourth-order valence-corrected chi connectivity index (χ4v) is 2.95. The van der Waals surface area contributed by atoms with E-state index in [1.54, 1.807) is 0 Å². The second-order valence-electron chi connectivity index (χ2n) is 4.64. The summed E-state index contributed by atoms with van der Waals surface area (Å²) >= 11 is 3.41. The van der Waals surface area contributed by atoms with Gasteiger partial charge < -0.3 is 4.90 Å². The highest BCUT2D eigenvalue weighted by Crippen LogP contribution is 2.37. The molecule has 0 unspecified atom stereocenters. The summed E-state index contributed by atoms with van der Waals surface area (Å²) in [5, 5.41) is 0. The minimum Gasteiger partial charge on any atom is -0.318 e. The molecule has 0 radical (unpaired) electrons. The molecule has 0 saturated heterocycles. The number of halogens is 1. The Morgan fingerprint density at radius 3 is 2.89 bits per heavy atom. The molecular formula is C15H9BrN2O. The zero-order valence-corrected chi connectivity index (χ0v) is 11.5. The molecule has 4 rings (SSSR count). The molecule has 2 aliphatic rings. The van der Waals surface area contributed by atoms with Crippen molar-refractivity contribution >= 4 is 38.9 Å². The molecule has 2 heterocycles. The Hall–Kier alpha value is -1.94. The molecule has 92 valence electrons. The zero-order chi connectivity index (χ0) is 13.0. The number of Topliss-reactive ketones (excluding diaryl/α,β-unsaturated/α-hetero) is 1. The Bertz CT molecular complexity index is 752. The van der Waals surface area contributed by atoms with Gasteiger partial charge in [0.1, 0.15) is 0 Å². The molecule has 4 heteroatoms. The van der Waals surface area contributed by atoms with E-state index in [2.05, 4.69) is 27.0 Å². The van der Waals surface area contributed by atoms with E-state index in [1.165, 1.54) is 0 Å². The largest absolute Gasteiger partial charge is 0.318 e. The molecule has 0 atom stereocenters. The quantitative estimate of drug-likeness (QED) is 0.743. The summed E-state index contributed by atoms with van der Waals surface area (Å²) in [6, 6.07) is 13.7. The molecule has 2 aromatic carbocycles. The van der Waals surface area contributed by atoms with Crippen LogP contribution in [0.1, 0.15) is 15.9 Å². The van der Waals surface area contributed by atoms with E-state index in [0.29, 0.717) is 12.4 Å². The van der Waals surface area contributed by atoms with Crippen LogP contribution in [-0.2, 0) is 6.54 Å². The lowest BCUT2D eigenvalue weighted by atomic mass is 10.1. The Kier molecular flexibility index (Phi) is 2.17. The third-order valence-electron chi connectivity index (χ3n) is 3.50. The maximum atomic E-state index is 12.4. The van der Waals surface area contributed by atoms with Gasteiger partial charge in [-0.1, -0.05) is 34.1 Å². The fourth-order valence-electron chi connectivity index (χ4n) is 2.59. The lowest BCUT2D eigenvalue weighted by Crippen LogP contribution is -2.31. The van der Waals surface area contributed by atoms with E-state index in [1.807, 2.05) is 41.3 Å². The molecule has 0 fully saturated rings. The van der Waals surface area contributed by atoms with Gasteiger partial charge >= 0.3 is 0 Å². The number of aliphatic imine (C=N–C) groups is 1. The van der Waals surface area contributed by atoms with Crippen LogP contribution in [0.25, 0.3) is 0 Å². The van der Waals surface area contributed by atoms with Crippen LogP contribution < -0.4 is 4.90 Å². The van der Waals surface area contributed by atoms with E-state index < -0.39 is 0 Å². The van der Waals surface area contributed by atoms with Crippen molar-refractivity contribution in [1.29, 1.82) is 0 Å². The third kappa shape index (κ3) is 1.50. The summed E-state index contributed by atoms with van der Waals surface area (Å²) < 4.78 is 0.914. The number of carbonyl (C=O) groups is 1. The number of hydrogen-bond acceptors (Lipinski definition) is 3. The van der Waals surface area contributed by atoms with Crippen LogP contribution in [0.5, 0.6) is 0 Å². The number of nitrogens with zero attached hydrogens (tertiary/aromatic N) is 2. The smallest absolute Gasteiger partial charge is 0.230 e. The number of carbonyl (C=O) groups excluding carboxylic acids is 1. The van der Waals surface area contributed by atoms with Crippen molar-refractivity contribution < 1.29 is 4.79 Å². The summed E-state index contributed by atoms with van der Waals surface area (Å²) in [5.41, 5.74) is 3.71. The number of amidine groups is 1. The van der Waals surface area contributed by atoms with E-state index in [9.17, 15) is 4.79 Å². The second-order valence-corrected chi connectivity index (χ2v) is 5.56. The number of hydrogen-bond donors (Lipinski definition) is 0. The Balaban J connectivity index is 1.93. The molecule has 2 aromatic rings. The van der Waals surface area contributed by atoms with Crippen LogP contribution in [0.3, 0.4) is 0 Å². The second kappa shape index (κ2) is 3.78. The summed E-state index contributed by atoms with van der Waals surface area (Å²) in [5.74, 6) is 0.539. The first kappa shape index (κ1) is 10.9. The first-order valence-corrected chi connectivity index (χ1v) is 6.82. The summed E-state index contributed by atoms with van der Waals surface area (Å²) in [6.45, 7) is 0.704. The van der Waals surface area contributed by atoms with Crippen molar-refractivity contribution in [2.24, 2.45) is 4.99 Å². The number of fused-ring (bicyclic) bond motifs is 4. The minimum absolute atomic E-state index is 0.00537. The summed E-state index contributed by atoms with van der Waals surface area (Å²) in [4.78, 5) is 18.9. The molecule has 2 aliphatic heterocycles. The maximum Gasteiger partial charge on any atom is 0.230 e. The first-order valence-electron chi connectivity index (χ1n) is 6.02. The maximum absolute atomic E-state index is 12.4. The highest BCUT2D eigenvalue weighted by atomic mass is 79.9. The van der Waals surface area contributed by atoms with Gasteiger partial charge in [-0.2, -0.15) is 0 Å². The van der Waals surface area contributed by atoms with Crippen molar-refractivity contribution in [3.63, 3.8) is 0 Å². The molecule has 0 bridgehead atoms. The van der Waals surface area contributed by atoms with Gasteiger partial charge in [-0.15, -0.1) is 0 Å². The van der Waals surface area contributed by atoms with Gasteiger partial charge in [0.15, 0.2) is 5.84 Å². The number of benzene rings is 2. The fraction of sp³-hybridized carbons (Fsp3) is 0.0667. The molecule has 0 amide bonds. The van der Waals surface area contributed by atoms with Crippen LogP contribution in [0, 0.1) is 0 Å². The Morgan fingerprint density at radius 1 is 1.16 bits per heavy atom. The lowest BCUT2D eigenvalue weighted by molar-refractivity contribution is 0.106. The van der Waals surface area contributed by atoms with Gasteiger partial charge in [-0.3, -0.25) is 4.79 Å². The van der Waals surface area contributed by atoms with E-state index in [4.69, 9.17) is 0 Å². The van der Waals surface area contributed by atoms with E-state index in [0.717, 1.165) is 27.0 Å². The Labute approximate surface area is 118 Å². The standard InChI is InChI=1S/C15H9BrN2O/c16-10-5-6-13-11(7-10)14(19)15-17-12-4-2-1-3-9(12)8-18(13)15/h1-7H,8H2. The average molecular weight is 313 g/mol. The molecule has 0 aromatic heterocycles. The topological polar surface area (TPSA) is 32.7 Å². The molecular weight excluding hydrogens is 304 g/mol. The molecule has 0 spiro atoms. The van der Waals surface area contributed by atoms with Crippen LogP contribution in [-0.4, -0.2) is 11.6 Å². The average Bonchev–Trinajstić information content (AvgIpc) is 2.69. The van der Waals surface area contributed by atoms with Gasteiger partial charge in [-0.05, 0) is 29.8 Å². The van der Waals surface area contributed by atoms with Gasteiger partial charge in [-0.25, -0.2) is 4.99 Å². The van der Waals surface area contributed by atoms with Gasteiger partial charge in [0.2, 0.25) is 5.78 Å². The van der Waals surface area contributed by atoms with Crippen LogP contribution in [0.4, 0.5) is 11.4 Å². The van der Waals surface area contributed by atoms with Gasteiger partial charge in [0, 0.05) is 4.47 Å². The first-order chi connectivity index (χ1) is 9.24. The third-order valence-corrected chi connectivity index (χ3v) is 3.99. The number of ketones is 1. The van der Waals surface area contributed by atoms with Gasteiger partial charge in [0.25, 0.3) is 0 Å². The van der Waals surface area contributed by atoms with Crippen molar-refractivity contribution in [1.82, 2.24) is 0 Å². The molecule has 19 heavy (non-hydrogen) atoms. The van der Waals surface area contributed by atoms with Crippen LogP contribution in [0.2, 0.25) is 0 Å². The molecule has 3 nitrogen and oxygen atoms in total. The predicted molar refractivity (Wildman–Crippen MR) is 78.2 cm³/mol. The van der Waals surface area contributed by atoms with Crippen molar-refractivity contribution in [2.45, 2.75) is 6.54 Å². The van der Waals surface area contributed by atoms with Crippen molar-refractivity contribution in [2.75, 3.05) is 4.90 Å². The minimum atomic E-state index is 0.00537. The molecule has 0 N–H and O–H groups in total. The zero-order valence-electron chi connectivity index (χ0n) is 9.93. The van der Waals surface area contributed by atoms with Crippen molar-refractivity contribution in [3.05, 3.63) is 58.1 Å². The highest BCUT2D eigenvalue weighted by Gasteiger charge is 2.36. The number of anilines is 1. The summed E-state index contributed by atoms with van der Waals surface area (Å²) in [6.07, 6.45) is 0. The van der Waals surface area contributed by atoms with Crippen LogP contribution in [0.15, 0.2) is 51.9 Å².